The van der Waals surface area contributed by atoms with E-state index in [-0.39, 0.29) is 24.3 Å². The lowest BCUT2D eigenvalue weighted by atomic mass is 9.91. The molecule has 2 aliphatic heterocycles. The van der Waals surface area contributed by atoms with Crippen molar-refractivity contribution >= 4 is 23.9 Å². The van der Waals surface area contributed by atoms with E-state index in [1.54, 1.807) is 49.0 Å². The predicted octanol–water partition coefficient (Wildman–Crippen LogP) is 3.97. The molecule has 0 bridgehead atoms. The van der Waals surface area contributed by atoms with Gasteiger partial charge in [-0.05, 0) is 91.2 Å². The maximum atomic E-state index is 13.5. The third-order valence-corrected chi connectivity index (χ3v) is 7.81. The van der Waals surface area contributed by atoms with Gasteiger partial charge in [0.05, 0.1) is 24.6 Å². The van der Waals surface area contributed by atoms with Crippen LogP contribution in [0.1, 0.15) is 98.1 Å². The molecule has 0 saturated carbocycles. The summed E-state index contributed by atoms with van der Waals surface area (Å²) in [4.78, 5) is 59.7. The van der Waals surface area contributed by atoms with Gasteiger partial charge >= 0.3 is 12.1 Å². The fourth-order valence-electron chi connectivity index (χ4n) is 5.61. The largest absolute Gasteiger partial charge is 0.491 e. The van der Waals surface area contributed by atoms with Crippen LogP contribution in [0.15, 0.2) is 18.5 Å². The Hall–Kier alpha value is -3.41. The summed E-state index contributed by atoms with van der Waals surface area (Å²) in [7, 11) is 0. The lowest BCUT2D eigenvalue weighted by Crippen LogP contribution is -2.46. The van der Waals surface area contributed by atoms with E-state index in [2.05, 4.69) is 10.3 Å². The summed E-state index contributed by atoms with van der Waals surface area (Å²) in [5.41, 5.74) is 4.98. The summed E-state index contributed by atoms with van der Waals surface area (Å²) in [6, 6.07) is 1.06. The summed E-state index contributed by atoms with van der Waals surface area (Å²) in [5, 5.41) is 3.03. The second-order valence-corrected chi connectivity index (χ2v) is 14.1. The minimum absolute atomic E-state index is 0.0429. The first-order valence-corrected chi connectivity index (χ1v) is 16.2. The Kier molecular flexibility index (Phi) is 13.0. The molecule has 3 N–H and O–H groups in total. The number of likely N-dealkylation sites (tertiary alicyclic amines) is 2. The van der Waals surface area contributed by atoms with Gasteiger partial charge in [-0.1, -0.05) is 0 Å². The van der Waals surface area contributed by atoms with Gasteiger partial charge in [0.25, 0.3) is 0 Å². The zero-order chi connectivity index (χ0) is 33.2. The average Bonchev–Trinajstić information content (AvgIpc) is 2.97. The van der Waals surface area contributed by atoms with Gasteiger partial charge in [-0.15, -0.1) is 0 Å². The van der Waals surface area contributed by atoms with E-state index in [0.29, 0.717) is 69.4 Å². The Labute approximate surface area is 267 Å². The fraction of sp³-hybridized carbons (Fsp3) is 0.727. The third kappa shape index (κ3) is 12.5. The lowest BCUT2D eigenvalue weighted by Gasteiger charge is -2.35. The van der Waals surface area contributed by atoms with E-state index >= 15 is 0 Å². The number of piperidine rings is 2. The van der Waals surface area contributed by atoms with Crippen molar-refractivity contribution in [3.63, 3.8) is 0 Å². The molecule has 45 heavy (non-hydrogen) atoms. The van der Waals surface area contributed by atoms with E-state index in [1.165, 1.54) is 0 Å². The summed E-state index contributed by atoms with van der Waals surface area (Å²) in [6.07, 6.45) is 7.00. The number of carbonyl (C=O) groups is 4. The Bertz CT molecular complexity index is 1150. The maximum Gasteiger partial charge on any atom is 0.410 e. The topological polar surface area (TPSA) is 153 Å². The smallest absolute Gasteiger partial charge is 0.410 e. The molecule has 1 aromatic rings. The number of aromatic nitrogens is 1. The fourth-order valence-corrected chi connectivity index (χ4v) is 5.61. The molecule has 2 fully saturated rings. The van der Waals surface area contributed by atoms with Crippen molar-refractivity contribution in [2.45, 2.75) is 104 Å². The number of nitrogens with zero attached hydrogens (tertiary/aromatic N) is 3. The number of ether oxygens (including phenoxy) is 3. The predicted molar refractivity (Wildman–Crippen MR) is 169 cm³/mol. The van der Waals surface area contributed by atoms with Gasteiger partial charge < -0.3 is 35.1 Å². The van der Waals surface area contributed by atoms with Crippen LogP contribution in [0.25, 0.3) is 0 Å². The number of nitrogens with two attached hydrogens (primary N) is 1. The van der Waals surface area contributed by atoms with Crippen molar-refractivity contribution in [3.05, 3.63) is 24.0 Å². The van der Waals surface area contributed by atoms with E-state index in [0.717, 1.165) is 25.7 Å². The quantitative estimate of drug-likeness (QED) is 0.345. The molecular weight excluding hydrogens is 578 g/mol. The van der Waals surface area contributed by atoms with Crippen LogP contribution in [0.2, 0.25) is 0 Å². The van der Waals surface area contributed by atoms with Crippen molar-refractivity contribution in [1.82, 2.24) is 20.1 Å². The van der Waals surface area contributed by atoms with Crippen LogP contribution >= 0.6 is 0 Å². The molecule has 3 amide bonds. The van der Waals surface area contributed by atoms with E-state index < -0.39 is 29.1 Å². The molecule has 252 valence electrons. The number of pyridine rings is 1. The highest BCUT2D eigenvalue weighted by Crippen LogP contribution is 2.27. The monoisotopic (exact) mass is 631 g/mol. The first kappa shape index (κ1) is 36.1. The number of nitrogens with one attached hydrogen (secondary N) is 1. The molecule has 2 atom stereocenters. The zero-order valence-corrected chi connectivity index (χ0v) is 27.9. The lowest BCUT2D eigenvalue weighted by molar-refractivity contribution is -0.155. The Balaban J connectivity index is 1.56. The molecule has 0 aromatic carbocycles. The number of amides is 3. The molecule has 0 spiro atoms. The van der Waals surface area contributed by atoms with Gasteiger partial charge in [0, 0.05) is 45.3 Å². The van der Waals surface area contributed by atoms with Crippen molar-refractivity contribution < 1.29 is 33.4 Å². The average molecular weight is 632 g/mol. The molecule has 0 aliphatic carbocycles. The van der Waals surface area contributed by atoms with Crippen LogP contribution in [0.5, 0.6) is 5.75 Å². The standard InChI is InChI=1S/C33H53N5O7/c1-32(2,3)44-29(40)19-27(25-18-26(21-35-20-25)43-17-13-34)36-30(41)24-8-7-14-38(22-24)28(39)10-9-23-11-15-37(16-12-23)31(42)45-33(4,5)6/h18,20-21,23-24,27H,7-17,19,22,34H2,1-6H3,(H,36,41)/t24?,27-/m0/s1. The third-order valence-electron chi connectivity index (χ3n) is 7.81. The van der Waals surface area contributed by atoms with Crippen LogP contribution < -0.4 is 15.8 Å². The second kappa shape index (κ2) is 16.2. The van der Waals surface area contributed by atoms with Gasteiger partial charge in [-0.2, -0.15) is 0 Å². The highest BCUT2D eigenvalue weighted by atomic mass is 16.6. The molecular formula is C33H53N5O7. The minimum Gasteiger partial charge on any atom is -0.491 e. The molecule has 12 heteroatoms. The van der Waals surface area contributed by atoms with Crippen molar-refractivity contribution in [2.75, 3.05) is 39.3 Å². The molecule has 0 radical (unpaired) electrons. The Morgan fingerprint density at radius 1 is 0.978 bits per heavy atom. The summed E-state index contributed by atoms with van der Waals surface area (Å²) < 4.78 is 16.6. The van der Waals surface area contributed by atoms with Crippen LogP contribution in [0, 0.1) is 11.8 Å². The molecule has 12 nitrogen and oxygen atoms in total. The highest BCUT2D eigenvalue weighted by Gasteiger charge is 2.32. The van der Waals surface area contributed by atoms with Crippen LogP contribution in [0.4, 0.5) is 4.79 Å². The van der Waals surface area contributed by atoms with E-state index in [1.807, 2.05) is 20.8 Å². The number of hydrogen-bond donors (Lipinski definition) is 2. The zero-order valence-electron chi connectivity index (χ0n) is 27.9. The first-order chi connectivity index (χ1) is 21.1. The van der Waals surface area contributed by atoms with Gasteiger partial charge in [0.2, 0.25) is 11.8 Å². The summed E-state index contributed by atoms with van der Waals surface area (Å²) in [5.74, 6) is -0.163. The molecule has 1 aromatic heterocycles. The Morgan fingerprint density at radius 3 is 2.31 bits per heavy atom. The molecule has 2 saturated heterocycles. The SMILES string of the molecule is CC(C)(C)OC(=O)C[C@H](NC(=O)C1CCCN(C(=O)CCC2CCN(C(=O)OC(C)(C)C)CC2)C1)c1cncc(OCCN)c1. The maximum absolute atomic E-state index is 13.5. The second-order valence-electron chi connectivity index (χ2n) is 14.1. The number of hydrogen-bond acceptors (Lipinski definition) is 9. The molecule has 3 heterocycles. The van der Waals surface area contributed by atoms with Crippen molar-refractivity contribution in [1.29, 1.82) is 0 Å². The first-order valence-electron chi connectivity index (χ1n) is 16.2. The molecule has 3 rings (SSSR count). The van der Waals surface area contributed by atoms with Gasteiger partial charge in [-0.3, -0.25) is 19.4 Å². The van der Waals surface area contributed by atoms with Crippen LogP contribution in [0.3, 0.4) is 0 Å². The number of esters is 1. The number of rotatable bonds is 11. The normalized spacial score (nSPS) is 18.6. The van der Waals surface area contributed by atoms with Gasteiger partial charge in [-0.25, -0.2) is 4.79 Å². The van der Waals surface area contributed by atoms with Gasteiger partial charge in [0.1, 0.15) is 23.6 Å². The van der Waals surface area contributed by atoms with Crippen molar-refractivity contribution in [2.24, 2.45) is 17.6 Å². The van der Waals surface area contributed by atoms with E-state index in [9.17, 15) is 19.2 Å². The van der Waals surface area contributed by atoms with Crippen molar-refractivity contribution in [3.8, 4) is 5.75 Å². The number of carbonyl (C=O) groups excluding carboxylic acids is 4. The Morgan fingerprint density at radius 2 is 1.67 bits per heavy atom. The summed E-state index contributed by atoms with van der Waals surface area (Å²) >= 11 is 0. The highest BCUT2D eigenvalue weighted by molar-refractivity contribution is 5.82. The van der Waals surface area contributed by atoms with E-state index in [4.69, 9.17) is 19.9 Å². The van der Waals surface area contributed by atoms with Crippen LogP contribution in [-0.4, -0.2) is 89.2 Å². The van der Waals surface area contributed by atoms with Gasteiger partial charge in [0.15, 0.2) is 0 Å². The van der Waals surface area contributed by atoms with Crippen LogP contribution in [-0.2, 0) is 23.9 Å². The molecule has 2 aliphatic rings. The summed E-state index contributed by atoms with van der Waals surface area (Å²) in [6.45, 7) is 13.8. The minimum atomic E-state index is -0.682. The molecule has 1 unspecified atom stereocenters.